The fourth-order valence-electron chi connectivity index (χ4n) is 3.65. The molecule has 1 atom stereocenters. The molecule has 1 unspecified atom stereocenters. The first-order valence-electron chi connectivity index (χ1n) is 10.7. The average Bonchev–Trinajstić information content (AvgIpc) is 2.75. The van der Waals surface area contributed by atoms with Crippen molar-refractivity contribution in [1.29, 1.82) is 0 Å². The number of carbonyl (C=O) groups excluding carboxylic acids is 1. The summed E-state index contributed by atoms with van der Waals surface area (Å²) in [5.74, 6) is 0.924. The van der Waals surface area contributed by atoms with E-state index >= 15 is 0 Å². The zero-order valence-electron chi connectivity index (χ0n) is 17.4. The first-order valence-corrected chi connectivity index (χ1v) is 11.6. The Morgan fingerprint density at radius 3 is 2.79 bits per heavy atom. The molecule has 29 heavy (non-hydrogen) atoms. The van der Waals surface area contributed by atoms with Crippen LogP contribution in [0.3, 0.4) is 0 Å². The standard InChI is InChI=1S/C22H32N4O2S/c1-3-19(21(27)23-14-9-15-28-2)29-22-25-18-13-8-7-12-17(18)20(26-22)24-16-10-5-4-6-11-16/h7-8,12-13,16,19H,3-6,9-11,14-15H2,1-2H3,(H,23,27)(H,24,25,26). The largest absolute Gasteiger partial charge is 0.385 e. The maximum atomic E-state index is 12.6. The maximum absolute atomic E-state index is 12.6. The Hall–Kier alpha value is -1.86. The van der Waals surface area contributed by atoms with Gasteiger partial charge in [-0.2, -0.15) is 0 Å². The Balaban J connectivity index is 1.74. The number of aromatic nitrogens is 2. The van der Waals surface area contributed by atoms with Gasteiger partial charge in [0.15, 0.2) is 5.16 Å². The highest BCUT2D eigenvalue weighted by Gasteiger charge is 2.21. The highest BCUT2D eigenvalue weighted by atomic mass is 32.2. The van der Waals surface area contributed by atoms with Crippen molar-refractivity contribution in [3.63, 3.8) is 0 Å². The Bertz CT molecular complexity index is 795. The average molecular weight is 417 g/mol. The van der Waals surface area contributed by atoms with Crippen LogP contribution in [0.25, 0.3) is 10.9 Å². The van der Waals surface area contributed by atoms with Crippen molar-refractivity contribution in [3.8, 4) is 0 Å². The van der Waals surface area contributed by atoms with Crippen LogP contribution in [-0.4, -0.2) is 47.4 Å². The molecule has 2 aromatic rings. The predicted octanol–water partition coefficient (Wildman–Crippen LogP) is 4.40. The zero-order chi connectivity index (χ0) is 20.5. The smallest absolute Gasteiger partial charge is 0.233 e. The lowest BCUT2D eigenvalue weighted by molar-refractivity contribution is -0.120. The number of nitrogens with one attached hydrogen (secondary N) is 2. The molecule has 158 valence electrons. The van der Waals surface area contributed by atoms with Gasteiger partial charge in [0, 0.05) is 31.7 Å². The number of carbonyl (C=O) groups is 1. The third-order valence-corrected chi connectivity index (χ3v) is 6.49. The van der Waals surface area contributed by atoms with Gasteiger partial charge in [0.25, 0.3) is 0 Å². The van der Waals surface area contributed by atoms with Crippen molar-refractivity contribution in [2.45, 2.75) is 68.3 Å². The van der Waals surface area contributed by atoms with Crippen LogP contribution >= 0.6 is 11.8 Å². The molecular weight excluding hydrogens is 384 g/mol. The fourth-order valence-corrected chi connectivity index (χ4v) is 4.56. The molecule has 0 bridgehead atoms. The SMILES string of the molecule is CCC(Sc1nc(NC2CCCCC2)c2ccccc2n1)C(=O)NCCCOC. The molecule has 7 heteroatoms. The van der Waals surface area contributed by atoms with Gasteiger partial charge in [0.05, 0.1) is 10.8 Å². The zero-order valence-corrected chi connectivity index (χ0v) is 18.3. The van der Waals surface area contributed by atoms with E-state index in [9.17, 15) is 4.79 Å². The summed E-state index contributed by atoms with van der Waals surface area (Å²) in [6, 6.07) is 8.56. The van der Waals surface area contributed by atoms with Gasteiger partial charge in [-0.05, 0) is 37.8 Å². The van der Waals surface area contributed by atoms with Crippen LogP contribution in [0.4, 0.5) is 5.82 Å². The van der Waals surface area contributed by atoms with Crippen molar-refractivity contribution >= 4 is 34.4 Å². The lowest BCUT2D eigenvalue weighted by Crippen LogP contribution is -2.33. The Kier molecular flexibility index (Phi) is 8.55. The molecule has 1 heterocycles. The van der Waals surface area contributed by atoms with Crippen LogP contribution in [0, 0.1) is 0 Å². The van der Waals surface area contributed by atoms with Gasteiger partial charge < -0.3 is 15.4 Å². The highest BCUT2D eigenvalue weighted by molar-refractivity contribution is 8.00. The van der Waals surface area contributed by atoms with Crippen molar-refractivity contribution in [3.05, 3.63) is 24.3 Å². The number of thioether (sulfide) groups is 1. The van der Waals surface area contributed by atoms with E-state index in [1.165, 1.54) is 43.9 Å². The van der Waals surface area contributed by atoms with Crippen molar-refractivity contribution in [2.75, 3.05) is 25.6 Å². The topological polar surface area (TPSA) is 76.1 Å². The van der Waals surface area contributed by atoms with Gasteiger partial charge in [-0.15, -0.1) is 0 Å². The van der Waals surface area contributed by atoms with Crippen LogP contribution in [0.2, 0.25) is 0 Å². The maximum Gasteiger partial charge on any atom is 0.233 e. The number of amides is 1. The van der Waals surface area contributed by atoms with E-state index in [1.54, 1.807) is 7.11 Å². The second-order valence-corrected chi connectivity index (χ2v) is 8.67. The summed E-state index contributed by atoms with van der Waals surface area (Å²) in [7, 11) is 1.67. The Labute approximate surface area is 177 Å². The van der Waals surface area contributed by atoms with E-state index in [0.717, 1.165) is 29.6 Å². The number of nitrogens with zero attached hydrogens (tertiary/aromatic N) is 2. The quantitative estimate of drug-likeness (QED) is 0.340. The highest BCUT2D eigenvalue weighted by Crippen LogP contribution is 2.30. The second kappa shape index (κ2) is 11.4. The summed E-state index contributed by atoms with van der Waals surface area (Å²) >= 11 is 1.45. The first-order chi connectivity index (χ1) is 14.2. The van der Waals surface area contributed by atoms with Crippen LogP contribution in [0.15, 0.2) is 29.4 Å². The molecule has 0 radical (unpaired) electrons. The molecule has 1 aliphatic rings. The molecule has 1 amide bonds. The number of para-hydroxylation sites is 1. The van der Waals surface area contributed by atoms with E-state index in [0.29, 0.717) is 24.3 Å². The minimum Gasteiger partial charge on any atom is -0.385 e. The fraction of sp³-hybridized carbons (Fsp3) is 0.591. The van der Waals surface area contributed by atoms with Crippen molar-refractivity contribution in [2.24, 2.45) is 0 Å². The van der Waals surface area contributed by atoms with Crippen LogP contribution in [0.5, 0.6) is 0 Å². The third-order valence-electron chi connectivity index (χ3n) is 5.26. The molecule has 2 N–H and O–H groups in total. The Morgan fingerprint density at radius 1 is 1.24 bits per heavy atom. The molecule has 1 saturated carbocycles. The summed E-state index contributed by atoms with van der Waals surface area (Å²) in [5.41, 5.74) is 0.915. The number of methoxy groups -OCH3 is 1. The minimum atomic E-state index is -0.207. The number of fused-ring (bicyclic) bond motifs is 1. The number of ether oxygens (including phenoxy) is 1. The molecule has 3 rings (SSSR count). The van der Waals surface area contributed by atoms with Gasteiger partial charge in [0.2, 0.25) is 5.91 Å². The summed E-state index contributed by atoms with van der Waals surface area (Å²) in [5, 5.41) is 8.14. The molecule has 6 nitrogen and oxygen atoms in total. The second-order valence-electron chi connectivity index (χ2n) is 7.50. The van der Waals surface area contributed by atoms with E-state index in [4.69, 9.17) is 14.7 Å². The molecule has 0 spiro atoms. The monoisotopic (exact) mass is 416 g/mol. The normalized spacial score (nSPS) is 15.9. The molecule has 1 aromatic carbocycles. The molecule has 0 saturated heterocycles. The minimum absolute atomic E-state index is 0.0344. The van der Waals surface area contributed by atoms with Gasteiger partial charge >= 0.3 is 0 Å². The van der Waals surface area contributed by atoms with E-state index in [2.05, 4.69) is 16.7 Å². The first kappa shape index (κ1) is 21.8. The van der Waals surface area contributed by atoms with Crippen LogP contribution in [-0.2, 0) is 9.53 Å². The third kappa shape index (κ3) is 6.31. The summed E-state index contributed by atoms with van der Waals surface area (Å²) in [6.07, 6.45) is 7.76. The molecule has 1 fully saturated rings. The van der Waals surface area contributed by atoms with Crippen molar-refractivity contribution < 1.29 is 9.53 Å². The molecular formula is C22H32N4O2S. The lowest BCUT2D eigenvalue weighted by atomic mass is 9.95. The van der Waals surface area contributed by atoms with Gasteiger partial charge in [-0.25, -0.2) is 9.97 Å². The summed E-state index contributed by atoms with van der Waals surface area (Å²) < 4.78 is 5.04. The van der Waals surface area contributed by atoms with Gasteiger partial charge in [-0.1, -0.05) is 50.1 Å². The number of rotatable bonds is 10. The summed E-state index contributed by atoms with van der Waals surface area (Å²) in [4.78, 5) is 22.1. The van der Waals surface area contributed by atoms with Gasteiger partial charge in [-0.3, -0.25) is 4.79 Å². The number of hydrogen-bond donors (Lipinski definition) is 2. The number of benzene rings is 1. The van der Waals surface area contributed by atoms with E-state index in [-0.39, 0.29) is 11.2 Å². The number of hydrogen-bond acceptors (Lipinski definition) is 6. The predicted molar refractivity (Wildman–Crippen MR) is 119 cm³/mol. The summed E-state index contributed by atoms with van der Waals surface area (Å²) in [6.45, 7) is 3.29. The number of anilines is 1. The lowest BCUT2D eigenvalue weighted by Gasteiger charge is -2.24. The molecule has 1 aliphatic carbocycles. The van der Waals surface area contributed by atoms with Gasteiger partial charge in [0.1, 0.15) is 5.82 Å². The van der Waals surface area contributed by atoms with E-state index in [1.807, 2.05) is 25.1 Å². The van der Waals surface area contributed by atoms with E-state index < -0.39 is 0 Å². The van der Waals surface area contributed by atoms with Crippen molar-refractivity contribution in [1.82, 2.24) is 15.3 Å². The Morgan fingerprint density at radius 2 is 2.03 bits per heavy atom. The molecule has 1 aromatic heterocycles. The van der Waals surface area contributed by atoms with Crippen LogP contribution < -0.4 is 10.6 Å². The molecule has 0 aliphatic heterocycles. The van der Waals surface area contributed by atoms with Crippen LogP contribution in [0.1, 0.15) is 51.9 Å².